The van der Waals surface area contributed by atoms with E-state index in [2.05, 4.69) is 72.8 Å². The maximum absolute atomic E-state index is 5.09. The number of nitrogens with zero attached hydrogens (tertiary/aromatic N) is 2. The van der Waals surface area contributed by atoms with Crippen LogP contribution in [0, 0.1) is 0 Å². The smallest absolute Gasteiger partial charge is 0.0894 e. The second-order valence-corrected chi connectivity index (χ2v) is 8.74. The molecule has 0 radical (unpaired) electrons. The molecule has 2 nitrogen and oxygen atoms in total. The Kier molecular flexibility index (Phi) is 8.26. The highest BCUT2D eigenvalue weighted by molar-refractivity contribution is 5.81. The van der Waals surface area contributed by atoms with E-state index in [9.17, 15) is 0 Å². The van der Waals surface area contributed by atoms with Crippen molar-refractivity contribution in [2.45, 2.75) is 0 Å². The molecule has 38 heavy (non-hydrogen) atoms. The van der Waals surface area contributed by atoms with Gasteiger partial charge in [0.2, 0.25) is 0 Å². The Labute approximate surface area is 224 Å². The predicted molar refractivity (Wildman–Crippen MR) is 164 cm³/mol. The van der Waals surface area contributed by atoms with E-state index in [0.717, 1.165) is 45.0 Å². The summed E-state index contributed by atoms with van der Waals surface area (Å²) >= 11 is 0. The minimum absolute atomic E-state index is 0.811. The van der Waals surface area contributed by atoms with E-state index in [1.54, 1.807) is 0 Å². The Bertz CT molecular complexity index is 1320. The Morgan fingerprint density at radius 1 is 0.263 bits per heavy atom. The van der Waals surface area contributed by atoms with Crippen LogP contribution < -0.4 is 0 Å². The summed E-state index contributed by atoms with van der Waals surface area (Å²) < 4.78 is 0. The minimum atomic E-state index is 0.811. The third kappa shape index (κ3) is 6.99. The molecule has 1 aromatic heterocycles. The molecule has 0 N–H and O–H groups in total. The third-order valence-corrected chi connectivity index (χ3v) is 5.94. The molecule has 4 aromatic carbocycles. The lowest BCUT2D eigenvalue weighted by Gasteiger charge is -2.07. The quantitative estimate of drug-likeness (QED) is 0.218. The maximum atomic E-state index is 5.09. The fourth-order valence-electron chi connectivity index (χ4n) is 3.94. The van der Waals surface area contributed by atoms with Crippen molar-refractivity contribution >= 4 is 48.6 Å². The molecule has 182 valence electrons. The summed E-state index contributed by atoms with van der Waals surface area (Å²) in [4.78, 5) is 10.2. The first kappa shape index (κ1) is 24.6. The maximum Gasteiger partial charge on any atom is 0.0894 e. The second-order valence-electron chi connectivity index (χ2n) is 8.74. The molecule has 0 saturated carbocycles. The van der Waals surface area contributed by atoms with Crippen molar-refractivity contribution in [3.63, 3.8) is 0 Å². The first-order chi connectivity index (χ1) is 18.8. The highest BCUT2D eigenvalue weighted by Gasteiger charge is 2.08. The molecule has 1 heterocycles. The van der Waals surface area contributed by atoms with Crippen molar-refractivity contribution in [2.24, 2.45) is 0 Å². The highest BCUT2D eigenvalue weighted by atomic mass is 14.8. The summed E-state index contributed by atoms with van der Waals surface area (Å²) in [7, 11) is 0. The van der Waals surface area contributed by atoms with Crippen molar-refractivity contribution in [1.29, 1.82) is 0 Å². The van der Waals surface area contributed by atoms with Crippen molar-refractivity contribution < 1.29 is 0 Å². The van der Waals surface area contributed by atoms with Crippen LogP contribution in [-0.2, 0) is 0 Å². The monoisotopic (exact) mass is 488 g/mol. The molecule has 0 unspecified atom stereocenters. The Morgan fingerprint density at radius 2 is 0.474 bits per heavy atom. The lowest BCUT2D eigenvalue weighted by atomic mass is 10.1. The van der Waals surface area contributed by atoms with Gasteiger partial charge in [-0.3, -0.25) is 0 Å². The summed E-state index contributed by atoms with van der Waals surface area (Å²) in [5.41, 5.74) is 7.69. The third-order valence-electron chi connectivity index (χ3n) is 5.94. The predicted octanol–water partition coefficient (Wildman–Crippen LogP) is 9.16. The van der Waals surface area contributed by atoms with E-state index in [1.165, 1.54) is 0 Å². The zero-order chi connectivity index (χ0) is 25.8. The first-order valence-corrected chi connectivity index (χ1v) is 12.7. The molecule has 0 spiro atoms. The van der Waals surface area contributed by atoms with Crippen LogP contribution in [0.25, 0.3) is 48.6 Å². The normalized spacial score (nSPS) is 11.8. The Morgan fingerprint density at radius 3 is 0.684 bits per heavy atom. The van der Waals surface area contributed by atoms with Gasteiger partial charge in [-0.05, 0) is 46.6 Å². The Balaban J connectivity index is 1.60. The molecule has 5 aromatic rings. The molecular formula is C36H28N2. The summed E-state index contributed by atoms with van der Waals surface area (Å²) in [5, 5.41) is 0. The van der Waals surface area contributed by atoms with E-state index in [1.807, 2.05) is 97.1 Å². The SMILES string of the molecule is C(=Cc1nc(C=Cc2ccccc2)c(C=Cc2ccccc2)nc1C=Cc1ccccc1)c1ccccc1. The van der Waals surface area contributed by atoms with Crippen LogP contribution >= 0.6 is 0 Å². The summed E-state index contributed by atoms with van der Waals surface area (Å²) in [5.74, 6) is 0. The zero-order valence-corrected chi connectivity index (χ0v) is 21.1. The van der Waals surface area contributed by atoms with Gasteiger partial charge < -0.3 is 0 Å². The average molecular weight is 489 g/mol. The number of hydrogen-bond acceptors (Lipinski definition) is 2. The highest BCUT2D eigenvalue weighted by Crippen LogP contribution is 2.20. The van der Waals surface area contributed by atoms with Crippen LogP contribution in [0.3, 0.4) is 0 Å². The van der Waals surface area contributed by atoms with Crippen LogP contribution in [0.15, 0.2) is 121 Å². The molecule has 0 atom stereocenters. The largest absolute Gasteiger partial charge is 0.245 e. The minimum Gasteiger partial charge on any atom is -0.245 e. The molecule has 0 amide bonds. The molecule has 0 bridgehead atoms. The number of benzene rings is 4. The number of hydrogen-bond donors (Lipinski definition) is 0. The molecule has 5 rings (SSSR count). The zero-order valence-electron chi connectivity index (χ0n) is 21.1. The van der Waals surface area contributed by atoms with Gasteiger partial charge in [0, 0.05) is 0 Å². The first-order valence-electron chi connectivity index (χ1n) is 12.7. The molecular weight excluding hydrogens is 460 g/mol. The van der Waals surface area contributed by atoms with E-state index in [0.29, 0.717) is 0 Å². The Hall–Kier alpha value is -5.08. The molecule has 2 heteroatoms. The summed E-state index contributed by atoms with van der Waals surface area (Å²) in [6.07, 6.45) is 16.5. The van der Waals surface area contributed by atoms with Gasteiger partial charge in [0.15, 0.2) is 0 Å². The summed E-state index contributed by atoms with van der Waals surface area (Å²) in [6, 6.07) is 41.0. The van der Waals surface area contributed by atoms with Gasteiger partial charge in [0.05, 0.1) is 22.8 Å². The van der Waals surface area contributed by atoms with Crippen LogP contribution in [0.4, 0.5) is 0 Å². The van der Waals surface area contributed by atoms with Gasteiger partial charge in [-0.15, -0.1) is 0 Å². The molecule has 0 fully saturated rings. The van der Waals surface area contributed by atoms with Crippen LogP contribution in [0.5, 0.6) is 0 Å². The molecule has 0 saturated heterocycles. The van der Waals surface area contributed by atoms with E-state index >= 15 is 0 Å². The van der Waals surface area contributed by atoms with E-state index < -0.39 is 0 Å². The molecule has 0 aliphatic heterocycles. The van der Waals surface area contributed by atoms with E-state index in [4.69, 9.17) is 9.97 Å². The second kappa shape index (κ2) is 12.8. The van der Waals surface area contributed by atoms with Crippen LogP contribution in [-0.4, -0.2) is 9.97 Å². The van der Waals surface area contributed by atoms with Crippen LogP contribution in [0.2, 0.25) is 0 Å². The van der Waals surface area contributed by atoms with E-state index in [-0.39, 0.29) is 0 Å². The van der Waals surface area contributed by atoms with Gasteiger partial charge in [-0.2, -0.15) is 0 Å². The topological polar surface area (TPSA) is 25.8 Å². The fraction of sp³-hybridized carbons (Fsp3) is 0. The van der Waals surface area contributed by atoms with Gasteiger partial charge in [0.25, 0.3) is 0 Å². The molecule has 0 aliphatic carbocycles. The van der Waals surface area contributed by atoms with Crippen molar-refractivity contribution in [1.82, 2.24) is 9.97 Å². The van der Waals surface area contributed by atoms with Crippen LogP contribution in [0.1, 0.15) is 45.0 Å². The number of rotatable bonds is 8. The number of aromatic nitrogens is 2. The fourth-order valence-corrected chi connectivity index (χ4v) is 3.94. The summed E-state index contributed by atoms with van der Waals surface area (Å²) in [6.45, 7) is 0. The lowest BCUT2D eigenvalue weighted by Crippen LogP contribution is -1.99. The van der Waals surface area contributed by atoms with Gasteiger partial charge in [0.1, 0.15) is 0 Å². The van der Waals surface area contributed by atoms with Gasteiger partial charge in [-0.25, -0.2) is 9.97 Å². The van der Waals surface area contributed by atoms with Crippen molar-refractivity contribution in [2.75, 3.05) is 0 Å². The van der Waals surface area contributed by atoms with Gasteiger partial charge >= 0.3 is 0 Å². The standard InChI is InChI=1S/C36H28N2/c1-5-13-29(14-6-1)21-25-33-34(26-22-30-15-7-2-8-16-30)38-36(28-24-32-19-11-4-12-20-32)35(37-33)27-23-31-17-9-3-10-18-31/h1-28H. The lowest BCUT2D eigenvalue weighted by molar-refractivity contribution is 1.12. The average Bonchev–Trinajstić information content (AvgIpc) is 2.99. The van der Waals surface area contributed by atoms with Crippen molar-refractivity contribution in [3.05, 3.63) is 166 Å². The van der Waals surface area contributed by atoms with Crippen molar-refractivity contribution in [3.8, 4) is 0 Å². The van der Waals surface area contributed by atoms with Gasteiger partial charge in [-0.1, -0.05) is 146 Å². The molecule has 0 aliphatic rings.